The van der Waals surface area contributed by atoms with E-state index < -0.39 is 6.29 Å². The fourth-order valence-electron chi connectivity index (χ4n) is 1.11. The Labute approximate surface area is 97.2 Å². The molecule has 0 aromatic carbocycles. The van der Waals surface area contributed by atoms with Gasteiger partial charge in [0.15, 0.2) is 6.29 Å². The summed E-state index contributed by atoms with van der Waals surface area (Å²) in [4.78, 5) is 10.4. The Morgan fingerprint density at radius 3 is 2.25 bits per heavy atom. The average Bonchev–Trinajstić information content (AvgIpc) is 2.21. The van der Waals surface area contributed by atoms with Crippen molar-refractivity contribution in [1.82, 2.24) is 0 Å². The molecule has 1 atom stereocenters. The lowest BCUT2D eigenvalue weighted by molar-refractivity contribution is -0.141. The minimum Gasteiger partial charge on any atom is -0.466 e. The van der Waals surface area contributed by atoms with E-state index in [9.17, 15) is 9.90 Å². The zero-order chi connectivity index (χ0) is 12.4. The number of ether oxygens (including phenoxy) is 2. The zero-order valence-corrected chi connectivity index (χ0v) is 10.2. The van der Waals surface area contributed by atoms with E-state index in [0.717, 1.165) is 25.7 Å². The Hall–Kier alpha value is -0.870. The minimum absolute atomic E-state index is 0.229. The predicted molar refractivity (Wildman–Crippen MR) is 61.9 cm³/mol. The number of hydrogen-bond acceptors (Lipinski definition) is 4. The summed E-state index contributed by atoms with van der Waals surface area (Å²) in [5, 5.41) is 9.25. The molecule has 0 saturated carbocycles. The molecule has 0 saturated heterocycles. The second-order valence-electron chi connectivity index (χ2n) is 3.82. The highest BCUT2D eigenvalue weighted by atomic mass is 16.6. The Kier molecular flexibility index (Phi) is 8.85. The van der Waals surface area contributed by atoms with Gasteiger partial charge in [0.2, 0.25) is 0 Å². The third-order valence-corrected chi connectivity index (χ3v) is 2.04. The van der Waals surface area contributed by atoms with Crippen LogP contribution in [0, 0.1) is 0 Å². The van der Waals surface area contributed by atoms with Crippen molar-refractivity contribution in [3.8, 4) is 0 Å². The molecule has 0 aliphatic heterocycles. The van der Waals surface area contributed by atoms with Crippen molar-refractivity contribution in [3.05, 3.63) is 12.2 Å². The molecule has 1 N–H and O–H groups in total. The maximum absolute atomic E-state index is 10.4. The van der Waals surface area contributed by atoms with Gasteiger partial charge < -0.3 is 14.6 Å². The van der Waals surface area contributed by atoms with Crippen LogP contribution in [0.1, 0.15) is 39.5 Å². The van der Waals surface area contributed by atoms with E-state index in [1.54, 1.807) is 6.92 Å². The van der Waals surface area contributed by atoms with Crippen LogP contribution in [0.4, 0.5) is 0 Å². The van der Waals surface area contributed by atoms with Crippen molar-refractivity contribution >= 4 is 5.97 Å². The van der Waals surface area contributed by atoms with E-state index in [4.69, 9.17) is 9.47 Å². The number of carbonyl (C=O) groups excluding carboxylic acids is 1. The first-order valence-corrected chi connectivity index (χ1v) is 5.62. The van der Waals surface area contributed by atoms with Crippen LogP contribution in [0.5, 0.6) is 0 Å². The number of hydrogen-bond donors (Lipinski definition) is 1. The van der Waals surface area contributed by atoms with Crippen LogP contribution < -0.4 is 0 Å². The van der Waals surface area contributed by atoms with Crippen LogP contribution in [0.25, 0.3) is 0 Å². The van der Waals surface area contributed by atoms with Gasteiger partial charge in [-0.3, -0.25) is 4.79 Å². The summed E-state index contributed by atoms with van der Waals surface area (Å²) in [5.74, 6) is -0.229. The molecule has 0 rings (SSSR count). The van der Waals surface area contributed by atoms with Crippen molar-refractivity contribution in [2.24, 2.45) is 0 Å². The first kappa shape index (κ1) is 15.1. The lowest BCUT2D eigenvalue weighted by atomic mass is 10.2. The van der Waals surface area contributed by atoms with Gasteiger partial charge in [0, 0.05) is 6.92 Å². The van der Waals surface area contributed by atoms with Gasteiger partial charge in [0.25, 0.3) is 0 Å². The predicted octanol–water partition coefficient (Wildman–Crippen LogP) is 2.02. The van der Waals surface area contributed by atoms with Gasteiger partial charge in [-0.2, -0.15) is 0 Å². The maximum Gasteiger partial charge on any atom is 0.302 e. The number of aliphatic hydroxyl groups excluding tert-OH is 1. The lowest BCUT2D eigenvalue weighted by Gasteiger charge is -2.11. The maximum atomic E-state index is 10.4. The SMILES string of the molecule is C=C(C)[C@@H](O)OCCCCCCOC(C)=O. The van der Waals surface area contributed by atoms with E-state index in [-0.39, 0.29) is 5.97 Å². The topological polar surface area (TPSA) is 55.8 Å². The third kappa shape index (κ3) is 9.68. The van der Waals surface area contributed by atoms with Crippen LogP contribution in [0.2, 0.25) is 0 Å². The lowest BCUT2D eigenvalue weighted by Crippen LogP contribution is -2.13. The highest BCUT2D eigenvalue weighted by Gasteiger charge is 2.02. The zero-order valence-electron chi connectivity index (χ0n) is 10.2. The second kappa shape index (κ2) is 9.36. The van der Waals surface area contributed by atoms with Crippen molar-refractivity contribution in [1.29, 1.82) is 0 Å². The van der Waals surface area contributed by atoms with Crippen LogP contribution >= 0.6 is 0 Å². The highest BCUT2D eigenvalue weighted by Crippen LogP contribution is 2.04. The molecule has 0 bridgehead atoms. The fraction of sp³-hybridized carbons (Fsp3) is 0.750. The molecule has 0 heterocycles. The molecule has 4 nitrogen and oxygen atoms in total. The van der Waals surface area contributed by atoms with Gasteiger partial charge in [0.05, 0.1) is 13.2 Å². The third-order valence-electron chi connectivity index (χ3n) is 2.04. The molecule has 16 heavy (non-hydrogen) atoms. The van der Waals surface area contributed by atoms with E-state index in [2.05, 4.69) is 6.58 Å². The van der Waals surface area contributed by atoms with Gasteiger partial charge in [-0.25, -0.2) is 0 Å². The molecule has 0 aliphatic carbocycles. The first-order valence-electron chi connectivity index (χ1n) is 5.62. The number of esters is 1. The van der Waals surface area contributed by atoms with Crippen molar-refractivity contribution in [3.63, 3.8) is 0 Å². The Bertz CT molecular complexity index is 213. The molecule has 0 fully saturated rings. The quantitative estimate of drug-likeness (QED) is 0.285. The van der Waals surface area contributed by atoms with Gasteiger partial charge >= 0.3 is 5.97 Å². The molecule has 0 aromatic heterocycles. The average molecular weight is 230 g/mol. The van der Waals surface area contributed by atoms with Crippen LogP contribution in [0.15, 0.2) is 12.2 Å². The molecule has 0 spiro atoms. The molecule has 0 radical (unpaired) electrons. The highest BCUT2D eigenvalue weighted by molar-refractivity contribution is 5.65. The summed E-state index contributed by atoms with van der Waals surface area (Å²) in [5.41, 5.74) is 0.620. The molecule has 0 unspecified atom stereocenters. The van der Waals surface area contributed by atoms with Crippen molar-refractivity contribution < 1.29 is 19.4 Å². The number of carbonyl (C=O) groups is 1. The van der Waals surface area contributed by atoms with Gasteiger partial charge in [-0.1, -0.05) is 13.0 Å². The van der Waals surface area contributed by atoms with Gasteiger partial charge in [-0.05, 0) is 31.8 Å². The largest absolute Gasteiger partial charge is 0.466 e. The minimum atomic E-state index is -0.846. The molecule has 0 aromatic rings. The molecule has 94 valence electrons. The summed E-state index contributed by atoms with van der Waals surface area (Å²) in [6, 6.07) is 0. The van der Waals surface area contributed by atoms with E-state index in [1.807, 2.05) is 0 Å². The smallest absolute Gasteiger partial charge is 0.302 e. The molecule has 0 aliphatic rings. The van der Waals surface area contributed by atoms with E-state index in [0.29, 0.717) is 18.8 Å². The van der Waals surface area contributed by atoms with Gasteiger partial charge in [0.1, 0.15) is 0 Å². The molecule has 0 amide bonds. The van der Waals surface area contributed by atoms with E-state index >= 15 is 0 Å². The van der Waals surface area contributed by atoms with E-state index in [1.165, 1.54) is 6.92 Å². The van der Waals surface area contributed by atoms with Crippen molar-refractivity contribution in [2.45, 2.75) is 45.8 Å². The Balaban J connectivity index is 3.15. The van der Waals surface area contributed by atoms with Crippen LogP contribution in [0.3, 0.4) is 0 Å². The summed E-state index contributed by atoms with van der Waals surface area (Å²) in [7, 11) is 0. The molecular formula is C12H22O4. The van der Waals surface area contributed by atoms with Crippen LogP contribution in [-0.2, 0) is 14.3 Å². The number of aliphatic hydroxyl groups is 1. The fourth-order valence-corrected chi connectivity index (χ4v) is 1.11. The standard InChI is InChI=1S/C12H22O4/c1-10(2)12(14)16-9-7-5-4-6-8-15-11(3)13/h12,14H,1,4-9H2,2-3H3/t12-/m0/s1. The summed E-state index contributed by atoms with van der Waals surface area (Å²) in [6.07, 6.45) is 2.93. The molecular weight excluding hydrogens is 208 g/mol. The first-order chi connectivity index (χ1) is 7.54. The Morgan fingerprint density at radius 2 is 1.75 bits per heavy atom. The molecule has 4 heteroatoms. The van der Waals surface area contributed by atoms with Gasteiger partial charge in [-0.15, -0.1) is 0 Å². The monoisotopic (exact) mass is 230 g/mol. The summed E-state index contributed by atoms with van der Waals surface area (Å²) in [6.45, 7) is 7.74. The summed E-state index contributed by atoms with van der Waals surface area (Å²) < 4.78 is 9.92. The van der Waals surface area contributed by atoms with Crippen LogP contribution in [-0.4, -0.2) is 30.6 Å². The van der Waals surface area contributed by atoms with Crippen molar-refractivity contribution in [2.75, 3.05) is 13.2 Å². The summed E-state index contributed by atoms with van der Waals surface area (Å²) >= 11 is 0. The normalized spacial score (nSPS) is 12.2. The second-order valence-corrected chi connectivity index (χ2v) is 3.82. The Morgan fingerprint density at radius 1 is 1.19 bits per heavy atom. The number of rotatable bonds is 9. The number of unbranched alkanes of at least 4 members (excludes halogenated alkanes) is 3.